The van der Waals surface area contributed by atoms with Crippen LogP contribution in [0.1, 0.15) is 28.8 Å². The maximum absolute atomic E-state index is 12.8. The van der Waals surface area contributed by atoms with Crippen LogP contribution < -0.4 is 5.32 Å². The summed E-state index contributed by atoms with van der Waals surface area (Å²) < 4.78 is 29.6. The molecule has 2 aromatic carbocycles. The molecule has 1 aliphatic rings. The van der Waals surface area contributed by atoms with Gasteiger partial charge >= 0.3 is 5.97 Å². The third-order valence-electron chi connectivity index (χ3n) is 5.14. The smallest absolute Gasteiger partial charge is 0.309 e. The van der Waals surface area contributed by atoms with Gasteiger partial charge in [0.2, 0.25) is 10.0 Å². The molecule has 170 valence electrons. The average molecular weight is 479 g/mol. The maximum atomic E-state index is 12.8. The summed E-state index contributed by atoms with van der Waals surface area (Å²) in [4.78, 5) is 37.5. The molecular weight excluding hydrogens is 456 g/mol. The highest BCUT2D eigenvalue weighted by Crippen LogP contribution is 2.24. The maximum Gasteiger partial charge on any atom is 0.309 e. The standard InChI is InChI=1S/C22H23ClN2O6S/c1-32(29,30)25-11-9-16(10-12-25)22(28)31-14-20(26)24-19-8-7-17(23)13-18(19)21(27)15-5-3-2-4-6-15/h2-8,13,16H,9-12,14H2,1H3,(H,24,26). The van der Waals surface area contributed by atoms with Crippen molar-refractivity contribution in [3.05, 3.63) is 64.7 Å². The van der Waals surface area contributed by atoms with Gasteiger partial charge in [-0.25, -0.2) is 12.7 Å². The summed E-state index contributed by atoms with van der Waals surface area (Å²) >= 11 is 6.04. The molecule has 32 heavy (non-hydrogen) atoms. The third kappa shape index (κ3) is 6.15. The Labute approximate surface area is 191 Å². The van der Waals surface area contributed by atoms with Crippen molar-refractivity contribution >= 4 is 45.0 Å². The lowest BCUT2D eigenvalue weighted by Gasteiger charge is -2.28. The molecule has 2 aromatic rings. The summed E-state index contributed by atoms with van der Waals surface area (Å²) in [6.07, 6.45) is 1.80. The van der Waals surface area contributed by atoms with E-state index in [-0.39, 0.29) is 30.1 Å². The summed E-state index contributed by atoms with van der Waals surface area (Å²) in [5, 5.41) is 2.93. The van der Waals surface area contributed by atoms with Crippen molar-refractivity contribution in [3.8, 4) is 0 Å². The summed E-state index contributed by atoms with van der Waals surface area (Å²) in [6, 6.07) is 13.1. The van der Waals surface area contributed by atoms with Crippen LogP contribution in [0.2, 0.25) is 5.02 Å². The Hall–Kier alpha value is -2.75. The number of halogens is 1. The minimum Gasteiger partial charge on any atom is -0.455 e. The van der Waals surface area contributed by atoms with Gasteiger partial charge in [0.05, 0.1) is 17.9 Å². The predicted molar refractivity (Wildman–Crippen MR) is 120 cm³/mol. The van der Waals surface area contributed by atoms with E-state index in [4.69, 9.17) is 16.3 Å². The van der Waals surface area contributed by atoms with Crippen molar-refractivity contribution in [1.29, 1.82) is 0 Å². The van der Waals surface area contributed by atoms with Crippen LogP contribution in [0.25, 0.3) is 0 Å². The van der Waals surface area contributed by atoms with E-state index in [1.165, 1.54) is 16.4 Å². The molecule has 1 saturated heterocycles. The number of nitrogens with one attached hydrogen (secondary N) is 1. The molecule has 10 heteroatoms. The Kier molecular flexibility index (Phi) is 7.65. The summed E-state index contributed by atoms with van der Waals surface area (Å²) in [5.74, 6) is -1.93. The lowest BCUT2D eigenvalue weighted by Crippen LogP contribution is -2.40. The predicted octanol–water partition coefficient (Wildman–Crippen LogP) is 2.72. The number of amides is 1. The monoisotopic (exact) mass is 478 g/mol. The number of anilines is 1. The van der Waals surface area contributed by atoms with E-state index >= 15 is 0 Å². The molecule has 1 fully saturated rings. The van der Waals surface area contributed by atoms with E-state index in [1.807, 2.05) is 0 Å². The number of sulfonamides is 1. The number of hydrogen-bond acceptors (Lipinski definition) is 6. The van der Waals surface area contributed by atoms with Crippen molar-refractivity contribution in [1.82, 2.24) is 4.31 Å². The van der Waals surface area contributed by atoms with Crippen LogP contribution in [-0.4, -0.2) is 56.3 Å². The Morgan fingerprint density at radius 3 is 2.38 bits per heavy atom. The summed E-state index contributed by atoms with van der Waals surface area (Å²) in [6.45, 7) is -0.0478. The van der Waals surface area contributed by atoms with Crippen LogP contribution >= 0.6 is 11.6 Å². The molecule has 8 nitrogen and oxygen atoms in total. The van der Waals surface area contributed by atoms with Crippen LogP contribution in [0, 0.1) is 5.92 Å². The first-order valence-corrected chi connectivity index (χ1v) is 12.2. The van der Waals surface area contributed by atoms with Gasteiger partial charge in [-0.05, 0) is 31.0 Å². The van der Waals surface area contributed by atoms with Gasteiger partial charge in [0.25, 0.3) is 5.91 Å². The van der Waals surface area contributed by atoms with Crippen molar-refractivity contribution < 1.29 is 27.5 Å². The van der Waals surface area contributed by atoms with E-state index in [2.05, 4.69) is 5.32 Å². The lowest BCUT2D eigenvalue weighted by molar-refractivity contribution is -0.152. The molecule has 3 rings (SSSR count). The Balaban J connectivity index is 1.59. The summed E-state index contributed by atoms with van der Waals surface area (Å²) in [5.41, 5.74) is 0.916. The number of rotatable bonds is 7. The molecule has 1 aliphatic heterocycles. The van der Waals surface area contributed by atoms with Gasteiger partial charge < -0.3 is 10.1 Å². The number of nitrogens with zero attached hydrogens (tertiary/aromatic N) is 1. The molecule has 0 atom stereocenters. The minimum absolute atomic E-state index is 0.219. The quantitative estimate of drug-likeness (QED) is 0.484. The van der Waals surface area contributed by atoms with Crippen molar-refractivity contribution in [2.24, 2.45) is 5.92 Å². The summed E-state index contributed by atoms with van der Waals surface area (Å²) in [7, 11) is -3.29. The molecule has 1 N–H and O–H groups in total. The molecule has 0 spiro atoms. The number of hydrogen-bond donors (Lipinski definition) is 1. The first kappa shape index (κ1) is 23.9. The van der Waals surface area contributed by atoms with Crippen molar-refractivity contribution in [2.45, 2.75) is 12.8 Å². The fourth-order valence-corrected chi connectivity index (χ4v) is 4.47. The number of ketones is 1. The number of piperidine rings is 1. The molecule has 0 aromatic heterocycles. The molecular formula is C22H23ClN2O6S. The zero-order chi connectivity index (χ0) is 23.3. The minimum atomic E-state index is -3.29. The van der Waals surface area contributed by atoms with Crippen molar-refractivity contribution in [3.63, 3.8) is 0 Å². The average Bonchev–Trinajstić information content (AvgIpc) is 2.78. The second-order valence-electron chi connectivity index (χ2n) is 7.48. The van der Waals surface area contributed by atoms with Gasteiger partial charge in [0, 0.05) is 29.2 Å². The Morgan fingerprint density at radius 1 is 1.09 bits per heavy atom. The van der Waals surface area contributed by atoms with Crippen LogP contribution in [0.4, 0.5) is 5.69 Å². The molecule has 1 heterocycles. The first-order valence-electron chi connectivity index (χ1n) is 9.96. The van der Waals surface area contributed by atoms with Gasteiger partial charge in [-0.2, -0.15) is 0 Å². The van der Waals surface area contributed by atoms with Crippen molar-refractivity contribution in [2.75, 3.05) is 31.3 Å². The molecule has 0 unspecified atom stereocenters. The number of carbonyl (C=O) groups excluding carboxylic acids is 3. The zero-order valence-electron chi connectivity index (χ0n) is 17.4. The van der Waals surface area contributed by atoms with Crippen LogP contribution in [0.15, 0.2) is 48.5 Å². The number of benzene rings is 2. The molecule has 1 amide bonds. The highest BCUT2D eigenvalue weighted by atomic mass is 35.5. The van der Waals surface area contributed by atoms with Crippen LogP contribution in [0.5, 0.6) is 0 Å². The Morgan fingerprint density at radius 2 is 1.75 bits per heavy atom. The third-order valence-corrected chi connectivity index (χ3v) is 6.68. The number of esters is 1. The van der Waals surface area contributed by atoms with Gasteiger partial charge in [-0.1, -0.05) is 41.9 Å². The zero-order valence-corrected chi connectivity index (χ0v) is 19.0. The van der Waals surface area contributed by atoms with Crippen LogP contribution in [0.3, 0.4) is 0 Å². The van der Waals surface area contributed by atoms with Crippen LogP contribution in [-0.2, 0) is 24.3 Å². The fraction of sp³-hybridized carbons (Fsp3) is 0.318. The number of carbonyl (C=O) groups is 3. The molecule has 0 aliphatic carbocycles. The first-order chi connectivity index (χ1) is 15.1. The van der Waals surface area contributed by atoms with E-state index in [0.717, 1.165) is 6.26 Å². The van der Waals surface area contributed by atoms with E-state index in [0.29, 0.717) is 23.4 Å². The second-order valence-corrected chi connectivity index (χ2v) is 9.90. The van der Waals surface area contributed by atoms with Gasteiger partial charge in [0.1, 0.15) is 0 Å². The highest BCUT2D eigenvalue weighted by Gasteiger charge is 2.30. The van der Waals surface area contributed by atoms with Gasteiger partial charge in [-0.3, -0.25) is 14.4 Å². The second kappa shape index (κ2) is 10.2. The van der Waals surface area contributed by atoms with Gasteiger partial charge in [-0.15, -0.1) is 0 Å². The molecule has 0 saturated carbocycles. The van der Waals surface area contributed by atoms with E-state index in [9.17, 15) is 22.8 Å². The highest BCUT2D eigenvalue weighted by molar-refractivity contribution is 7.88. The topological polar surface area (TPSA) is 110 Å². The van der Waals surface area contributed by atoms with E-state index < -0.39 is 34.4 Å². The SMILES string of the molecule is CS(=O)(=O)N1CCC(C(=O)OCC(=O)Nc2ccc(Cl)cc2C(=O)c2ccccc2)CC1. The lowest BCUT2D eigenvalue weighted by atomic mass is 9.98. The number of ether oxygens (including phenoxy) is 1. The van der Waals surface area contributed by atoms with E-state index in [1.54, 1.807) is 36.4 Å². The normalized spacial score (nSPS) is 15.2. The molecule has 0 bridgehead atoms. The largest absolute Gasteiger partial charge is 0.455 e. The fourth-order valence-electron chi connectivity index (χ4n) is 3.42. The molecule has 0 radical (unpaired) electrons. The Bertz CT molecular complexity index is 1110. The van der Waals surface area contributed by atoms with Gasteiger partial charge in [0.15, 0.2) is 12.4 Å².